The van der Waals surface area contributed by atoms with E-state index in [9.17, 15) is 0 Å². The number of benzene rings is 1. The lowest BCUT2D eigenvalue weighted by atomic mass is 9.91. The number of ether oxygens (including phenoxy) is 1. The minimum absolute atomic E-state index is 0.731. The van der Waals surface area contributed by atoms with Gasteiger partial charge in [0, 0.05) is 36.8 Å². The molecule has 6 heteroatoms. The van der Waals surface area contributed by atoms with E-state index in [0.29, 0.717) is 0 Å². The molecule has 0 atom stereocenters. The highest BCUT2D eigenvalue weighted by molar-refractivity contribution is 5.84. The summed E-state index contributed by atoms with van der Waals surface area (Å²) in [4.78, 5) is 9.22. The molecule has 0 radical (unpaired) electrons. The summed E-state index contributed by atoms with van der Waals surface area (Å²) >= 11 is 0. The Morgan fingerprint density at radius 3 is 2.62 bits per heavy atom. The standard InChI is InChI=1S/C28H38N4O2/c1-31(2)19-25-27(33-20-22-6-7-22)11-9-24-26(30-34-28(24)25)10-8-21-12-16-32(17-13-21)18-14-23-5-3-4-15-29-23/h3-5,9,11,15,21-22H,6-8,10,12-14,16-20H2,1-2H3. The molecule has 3 heterocycles. The molecule has 0 bridgehead atoms. The van der Waals surface area contributed by atoms with Crippen LogP contribution in [0.1, 0.15) is 49.1 Å². The topological polar surface area (TPSA) is 54.6 Å². The van der Waals surface area contributed by atoms with Gasteiger partial charge in [0.05, 0.1) is 17.9 Å². The van der Waals surface area contributed by atoms with Gasteiger partial charge in [-0.15, -0.1) is 0 Å². The van der Waals surface area contributed by atoms with Crippen molar-refractivity contribution in [2.45, 2.75) is 51.5 Å². The Hall–Kier alpha value is -2.44. The maximum atomic E-state index is 6.17. The summed E-state index contributed by atoms with van der Waals surface area (Å²) in [7, 11) is 4.17. The summed E-state index contributed by atoms with van der Waals surface area (Å²) in [5.74, 6) is 2.45. The molecule has 1 aromatic carbocycles. The first kappa shape index (κ1) is 23.3. The van der Waals surface area contributed by atoms with E-state index in [-0.39, 0.29) is 0 Å². The van der Waals surface area contributed by atoms with Crippen molar-refractivity contribution in [2.24, 2.45) is 11.8 Å². The van der Waals surface area contributed by atoms with Crippen molar-refractivity contribution in [1.82, 2.24) is 19.9 Å². The molecule has 0 unspecified atom stereocenters. The van der Waals surface area contributed by atoms with Crippen LogP contribution in [0, 0.1) is 11.8 Å². The van der Waals surface area contributed by atoms with Crippen molar-refractivity contribution >= 4 is 11.0 Å². The first-order valence-electron chi connectivity index (χ1n) is 13.0. The Balaban J connectivity index is 1.16. The molecule has 2 aromatic heterocycles. The number of likely N-dealkylation sites (tertiary alicyclic amines) is 1. The second kappa shape index (κ2) is 10.9. The molecule has 5 rings (SSSR count). The van der Waals surface area contributed by atoms with E-state index in [1.807, 2.05) is 12.3 Å². The molecule has 0 N–H and O–H groups in total. The molecule has 0 spiro atoms. The summed E-state index contributed by atoms with van der Waals surface area (Å²) < 4.78 is 12.1. The summed E-state index contributed by atoms with van der Waals surface area (Å²) in [5, 5.41) is 5.66. The Morgan fingerprint density at radius 1 is 1.03 bits per heavy atom. The van der Waals surface area contributed by atoms with E-state index < -0.39 is 0 Å². The van der Waals surface area contributed by atoms with Crippen LogP contribution in [0.3, 0.4) is 0 Å². The van der Waals surface area contributed by atoms with Gasteiger partial charge in [0.2, 0.25) is 0 Å². The number of rotatable bonds is 11. The van der Waals surface area contributed by atoms with Crippen molar-refractivity contribution in [2.75, 3.05) is 40.3 Å². The number of pyridine rings is 1. The predicted molar refractivity (Wildman–Crippen MR) is 135 cm³/mol. The highest BCUT2D eigenvalue weighted by Crippen LogP contribution is 2.35. The molecule has 0 amide bonds. The van der Waals surface area contributed by atoms with Gasteiger partial charge in [-0.05, 0) is 102 Å². The van der Waals surface area contributed by atoms with Gasteiger partial charge in [-0.1, -0.05) is 11.2 Å². The van der Waals surface area contributed by atoms with Gasteiger partial charge in [0.1, 0.15) is 5.75 Å². The van der Waals surface area contributed by atoms with Crippen LogP contribution in [-0.2, 0) is 19.4 Å². The molecule has 182 valence electrons. The lowest BCUT2D eigenvalue weighted by Crippen LogP contribution is -2.35. The average molecular weight is 463 g/mol. The van der Waals surface area contributed by atoms with E-state index in [0.717, 1.165) is 72.3 Å². The van der Waals surface area contributed by atoms with Gasteiger partial charge >= 0.3 is 0 Å². The predicted octanol–water partition coefficient (Wildman–Crippen LogP) is 4.96. The third-order valence-corrected chi connectivity index (χ3v) is 7.33. The molecule has 34 heavy (non-hydrogen) atoms. The largest absolute Gasteiger partial charge is 0.493 e. The molecule has 2 fully saturated rings. The molecular formula is C28H38N4O2. The third kappa shape index (κ3) is 5.97. The number of piperidine rings is 1. The minimum Gasteiger partial charge on any atom is -0.493 e. The van der Waals surface area contributed by atoms with Gasteiger partial charge in [-0.3, -0.25) is 4.98 Å². The van der Waals surface area contributed by atoms with Crippen LogP contribution in [0.25, 0.3) is 11.0 Å². The summed E-state index contributed by atoms with van der Waals surface area (Å²) in [5.41, 5.74) is 4.32. The Kier molecular flexibility index (Phi) is 7.45. The van der Waals surface area contributed by atoms with Crippen LogP contribution in [-0.4, -0.2) is 60.3 Å². The SMILES string of the molecule is CN(C)Cc1c(OCC2CC2)ccc2c(CCC3CCN(CCc4ccccn4)CC3)noc12. The first-order valence-corrected chi connectivity index (χ1v) is 13.0. The highest BCUT2D eigenvalue weighted by Gasteiger charge is 2.24. The van der Waals surface area contributed by atoms with Gasteiger partial charge in [-0.2, -0.15) is 0 Å². The van der Waals surface area contributed by atoms with Crippen molar-refractivity contribution < 1.29 is 9.26 Å². The van der Waals surface area contributed by atoms with Gasteiger partial charge in [-0.25, -0.2) is 0 Å². The number of fused-ring (bicyclic) bond motifs is 1. The fourth-order valence-electron chi connectivity index (χ4n) is 5.02. The fourth-order valence-corrected chi connectivity index (χ4v) is 5.02. The molecule has 6 nitrogen and oxygen atoms in total. The molecule has 1 aliphatic carbocycles. The maximum Gasteiger partial charge on any atom is 0.175 e. The van der Waals surface area contributed by atoms with Gasteiger partial charge < -0.3 is 19.1 Å². The van der Waals surface area contributed by atoms with Gasteiger partial charge in [0.15, 0.2) is 5.58 Å². The number of aromatic nitrogens is 2. The van der Waals surface area contributed by atoms with Crippen LogP contribution in [0.2, 0.25) is 0 Å². The van der Waals surface area contributed by atoms with Crippen LogP contribution in [0.5, 0.6) is 5.75 Å². The molecule has 1 saturated carbocycles. The van der Waals surface area contributed by atoms with Crippen LogP contribution < -0.4 is 4.74 Å². The van der Waals surface area contributed by atoms with E-state index in [4.69, 9.17) is 9.26 Å². The monoisotopic (exact) mass is 462 g/mol. The quantitative estimate of drug-likeness (QED) is 0.401. The third-order valence-electron chi connectivity index (χ3n) is 7.33. The molecule has 3 aromatic rings. The maximum absolute atomic E-state index is 6.17. The number of hydrogen-bond acceptors (Lipinski definition) is 6. The lowest BCUT2D eigenvalue weighted by molar-refractivity contribution is 0.180. The van der Waals surface area contributed by atoms with Crippen LogP contribution in [0.4, 0.5) is 0 Å². The average Bonchev–Trinajstić information content (AvgIpc) is 3.59. The molecule has 1 saturated heterocycles. The van der Waals surface area contributed by atoms with Crippen molar-refractivity contribution in [1.29, 1.82) is 0 Å². The second-order valence-electron chi connectivity index (χ2n) is 10.4. The number of aryl methyl sites for hydroxylation is 1. The molecule has 1 aliphatic heterocycles. The Labute approximate surface area is 203 Å². The van der Waals surface area contributed by atoms with E-state index in [1.54, 1.807) is 0 Å². The van der Waals surface area contributed by atoms with Crippen molar-refractivity contribution in [3.63, 3.8) is 0 Å². The summed E-state index contributed by atoms with van der Waals surface area (Å²) in [6.45, 7) is 5.09. The molecular weight excluding hydrogens is 424 g/mol. The van der Waals surface area contributed by atoms with Gasteiger partial charge in [0.25, 0.3) is 0 Å². The van der Waals surface area contributed by atoms with E-state index in [1.165, 1.54) is 50.9 Å². The normalized spacial score (nSPS) is 17.6. The van der Waals surface area contributed by atoms with Crippen LogP contribution >= 0.6 is 0 Å². The zero-order valence-electron chi connectivity index (χ0n) is 20.7. The zero-order chi connectivity index (χ0) is 23.3. The first-order chi connectivity index (χ1) is 16.7. The lowest BCUT2D eigenvalue weighted by Gasteiger charge is -2.31. The minimum atomic E-state index is 0.731. The van der Waals surface area contributed by atoms with Crippen molar-refractivity contribution in [3.8, 4) is 5.75 Å². The smallest absolute Gasteiger partial charge is 0.175 e. The van der Waals surface area contributed by atoms with Crippen LogP contribution in [0.15, 0.2) is 41.1 Å². The second-order valence-corrected chi connectivity index (χ2v) is 10.4. The molecule has 2 aliphatic rings. The Morgan fingerprint density at radius 2 is 1.88 bits per heavy atom. The summed E-state index contributed by atoms with van der Waals surface area (Å²) in [6.07, 6.45) is 10.2. The Bertz CT molecular complexity index is 1050. The summed E-state index contributed by atoms with van der Waals surface area (Å²) in [6, 6.07) is 10.5. The number of nitrogens with zero attached hydrogens (tertiary/aromatic N) is 4. The van der Waals surface area contributed by atoms with Crippen molar-refractivity contribution in [3.05, 3.63) is 53.5 Å². The fraction of sp³-hybridized carbons (Fsp3) is 0.571. The number of hydrogen-bond donors (Lipinski definition) is 0. The van der Waals surface area contributed by atoms with E-state index >= 15 is 0 Å². The highest BCUT2D eigenvalue weighted by atomic mass is 16.5. The van der Waals surface area contributed by atoms with E-state index in [2.05, 4.69) is 58.3 Å². The zero-order valence-corrected chi connectivity index (χ0v) is 20.7.